The molecule has 0 aliphatic carbocycles. The third-order valence-electron chi connectivity index (χ3n) is 4.19. The molecule has 132 valence electrons. The van der Waals surface area contributed by atoms with E-state index in [-0.39, 0.29) is 23.5 Å². The Balaban J connectivity index is 1.96. The van der Waals surface area contributed by atoms with Crippen molar-refractivity contribution in [2.75, 3.05) is 25.0 Å². The maximum Gasteiger partial charge on any atom is 0.310 e. The largest absolute Gasteiger partial charge is 0.466 e. The lowest BCUT2D eigenvalue weighted by Gasteiger charge is -2.35. The number of anilines is 1. The van der Waals surface area contributed by atoms with Crippen LogP contribution in [0.5, 0.6) is 0 Å². The number of carbonyl (C=O) groups is 2. The van der Waals surface area contributed by atoms with Gasteiger partial charge in [-0.2, -0.15) is 0 Å². The highest BCUT2D eigenvalue weighted by atomic mass is 19.2. The number of halogens is 2. The predicted octanol–water partition coefficient (Wildman–Crippen LogP) is 2.57. The summed E-state index contributed by atoms with van der Waals surface area (Å²) in [5.41, 5.74) is 0.199. The molecule has 24 heavy (non-hydrogen) atoms. The predicted molar refractivity (Wildman–Crippen MR) is 85.4 cm³/mol. The first-order chi connectivity index (χ1) is 11.4. The van der Waals surface area contributed by atoms with Gasteiger partial charge in [0.1, 0.15) is 0 Å². The maximum atomic E-state index is 13.2. The molecule has 2 atom stereocenters. The summed E-state index contributed by atoms with van der Waals surface area (Å²) in [6.45, 7) is 4.97. The smallest absolute Gasteiger partial charge is 0.310 e. The second-order valence-electron chi connectivity index (χ2n) is 5.88. The Hall–Kier alpha value is -2.02. The van der Waals surface area contributed by atoms with Gasteiger partial charge in [-0.1, -0.05) is 0 Å². The van der Waals surface area contributed by atoms with Gasteiger partial charge in [0.05, 0.1) is 18.6 Å². The minimum Gasteiger partial charge on any atom is -0.466 e. The number of likely N-dealkylation sites (tertiary alicyclic amines) is 1. The Kier molecular flexibility index (Phi) is 6.25. The first kappa shape index (κ1) is 18.3. The number of rotatable bonds is 5. The Labute approximate surface area is 140 Å². The van der Waals surface area contributed by atoms with Gasteiger partial charge in [-0.3, -0.25) is 14.5 Å². The van der Waals surface area contributed by atoms with E-state index in [9.17, 15) is 18.4 Å². The van der Waals surface area contributed by atoms with E-state index in [1.54, 1.807) is 13.8 Å². The van der Waals surface area contributed by atoms with Gasteiger partial charge in [-0.05, 0) is 45.4 Å². The molecular weight excluding hydrogens is 318 g/mol. The van der Waals surface area contributed by atoms with Crippen LogP contribution < -0.4 is 5.32 Å². The van der Waals surface area contributed by atoms with E-state index in [1.165, 1.54) is 6.07 Å². The second-order valence-corrected chi connectivity index (χ2v) is 5.88. The SMILES string of the molecule is CCOC(=O)[C@@H]1CCCN([C@H](C)C(=O)Nc2ccc(F)c(F)c2)C1. The lowest BCUT2D eigenvalue weighted by Crippen LogP contribution is -2.48. The molecule has 1 aromatic rings. The van der Waals surface area contributed by atoms with E-state index in [2.05, 4.69) is 5.32 Å². The van der Waals surface area contributed by atoms with E-state index in [4.69, 9.17) is 4.74 Å². The van der Waals surface area contributed by atoms with Crippen molar-refractivity contribution in [3.63, 3.8) is 0 Å². The molecule has 1 aromatic carbocycles. The van der Waals surface area contributed by atoms with Crippen molar-refractivity contribution in [1.29, 1.82) is 0 Å². The summed E-state index contributed by atoms with van der Waals surface area (Å²) in [4.78, 5) is 26.1. The van der Waals surface area contributed by atoms with Gasteiger partial charge in [0.25, 0.3) is 0 Å². The van der Waals surface area contributed by atoms with Crippen molar-refractivity contribution < 1.29 is 23.1 Å². The number of benzene rings is 1. The van der Waals surface area contributed by atoms with Crippen LogP contribution in [0, 0.1) is 17.6 Å². The average Bonchev–Trinajstić information content (AvgIpc) is 2.57. The van der Waals surface area contributed by atoms with Crippen molar-refractivity contribution in [1.82, 2.24) is 4.90 Å². The summed E-state index contributed by atoms with van der Waals surface area (Å²) in [6, 6.07) is 2.72. The summed E-state index contributed by atoms with van der Waals surface area (Å²) in [7, 11) is 0. The first-order valence-electron chi connectivity index (χ1n) is 8.09. The van der Waals surface area contributed by atoms with Crippen LogP contribution in [0.15, 0.2) is 18.2 Å². The van der Waals surface area contributed by atoms with E-state index in [1.807, 2.05) is 4.90 Å². The fourth-order valence-corrected chi connectivity index (χ4v) is 2.80. The number of hydrogen-bond donors (Lipinski definition) is 1. The van der Waals surface area contributed by atoms with E-state index < -0.39 is 17.7 Å². The van der Waals surface area contributed by atoms with Crippen molar-refractivity contribution >= 4 is 17.6 Å². The molecule has 1 amide bonds. The molecule has 2 rings (SSSR count). The van der Waals surface area contributed by atoms with Crippen LogP contribution in [0.3, 0.4) is 0 Å². The fraction of sp³-hybridized carbons (Fsp3) is 0.529. The van der Waals surface area contributed by atoms with Crippen molar-refractivity contribution in [3.8, 4) is 0 Å². The molecule has 1 aliphatic heterocycles. The van der Waals surface area contributed by atoms with Gasteiger partial charge in [-0.15, -0.1) is 0 Å². The number of amides is 1. The zero-order chi connectivity index (χ0) is 17.7. The van der Waals surface area contributed by atoms with Crippen molar-refractivity contribution in [2.24, 2.45) is 5.92 Å². The van der Waals surface area contributed by atoms with Gasteiger partial charge in [0.15, 0.2) is 11.6 Å². The molecular formula is C17H22F2N2O3. The highest BCUT2D eigenvalue weighted by molar-refractivity contribution is 5.94. The molecule has 0 bridgehead atoms. The molecule has 1 N–H and O–H groups in total. The van der Waals surface area contributed by atoms with Crippen LogP contribution in [-0.4, -0.2) is 42.5 Å². The maximum absolute atomic E-state index is 13.2. The summed E-state index contributed by atoms with van der Waals surface area (Å²) in [5, 5.41) is 2.57. The summed E-state index contributed by atoms with van der Waals surface area (Å²) < 4.78 is 31.2. The molecule has 1 saturated heterocycles. The quantitative estimate of drug-likeness (QED) is 0.837. The third kappa shape index (κ3) is 4.50. The summed E-state index contributed by atoms with van der Waals surface area (Å²) >= 11 is 0. The lowest BCUT2D eigenvalue weighted by atomic mass is 9.97. The molecule has 0 unspecified atom stereocenters. The Morgan fingerprint density at radius 2 is 2.12 bits per heavy atom. The fourth-order valence-electron chi connectivity index (χ4n) is 2.80. The minimum atomic E-state index is -1.01. The van der Waals surface area contributed by atoms with E-state index in [0.717, 1.165) is 25.0 Å². The normalized spacial score (nSPS) is 19.6. The number of esters is 1. The van der Waals surface area contributed by atoms with Crippen LogP contribution >= 0.6 is 0 Å². The molecule has 7 heteroatoms. The summed E-state index contributed by atoms with van der Waals surface area (Å²) in [5.74, 6) is -2.78. The number of piperidine rings is 1. The number of nitrogens with zero attached hydrogens (tertiary/aromatic N) is 1. The highest BCUT2D eigenvalue weighted by Crippen LogP contribution is 2.21. The van der Waals surface area contributed by atoms with Crippen LogP contribution in [0.4, 0.5) is 14.5 Å². The molecule has 1 fully saturated rings. The van der Waals surface area contributed by atoms with Gasteiger partial charge in [0.2, 0.25) is 5.91 Å². The Morgan fingerprint density at radius 1 is 1.38 bits per heavy atom. The third-order valence-corrected chi connectivity index (χ3v) is 4.19. The zero-order valence-corrected chi connectivity index (χ0v) is 13.9. The average molecular weight is 340 g/mol. The number of ether oxygens (including phenoxy) is 1. The summed E-state index contributed by atoms with van der Waals surface area (Å²) in [6.07, 6.45) is 1.54. The number of hydrogen-bond acceptors (Lipinski definition) is 4. The Morgan fingerprint density at radius 3 is 2.79 bits per heavy atom. The molecule has 1 aliphatic rings. The van der Waals surface area contributed by atoms with Crippen LogP contribution in [0.2, 0.25) is 0 Å². The highest BCUT2D eigenvalue weighted by Gasteiger charge is 2.31. The zero-order valence-electron chi connectivity index (χ0n) is 13.9. The lowest BCUT2D eigenvalue weighted by molar-refractivity contribution is -0.150. The molecule has 0 saturated carbocycles. The second kappa shape index (κ2) is 8.19. The van der Waals surface area contributed by atoms with Crippen LogP contribution in [-0.2, 0) is 14.3 Å². The van der Waals surface area contributed by atoms with Crippen molar-refractivity contribution in [3.05, 3.63) is 29.8 Å². The van der Waals surface area contributed by atoms with Gasteiger partial charge >= 0.3 is 5.97 Å². The van der Waals surface area contributed by atoms with Gasteiger partial charge in [0, 0.05) is 18.3 Å². The number of carbonyl (C=O) groups excluding carboxylic acids is 2. The van der Waals surface area contributed by atoms with Crippen molar-refractivity contribution in [2.45, 2.75) is 32.7 Å². The van der Waals surface area contributed by atoms with Gasteiger partial charge in [-0.25, -0.2) is 8.78 Å². The van der Waals surface area contributed by atoms with E-state index in [0.29, 0.717) is 19.7 Å². The molecule has 1 heterocycles. The van der Waals surface area contributed by atoms with Gasteiger partial charge < -0.3 is 10.1 Å². The number of nitrogens with one attached hydrogen (secondary N) is 1. The monoisotopic (exact) mass is 340 g/mol. The molecule has 0 aromatic heterocycles. The molecule has 0 spiro atoms. The first-order valence-corrected chi connectivity index (χ1v) is 8.09. The standard InChI is InChI=1S/C17H22F2N2O3/c1-3-24-17(23)12-5-4-8-21(10-12)11(2)16(22)20-13-6-7-14(18)15(19)9-13/h6-7,9,11-12H,3-5,8,10H2,1-2H3,(H,20,22)/t11-,12-/m1/s1. The Bertz CT molecular complexity index is 609. The topological polar surface area (TPSA) is 58.6 Å². The minimum absolute atomic E-state index is 0.199. The van der Waals surface area contributed by atoms with Crippen LogP contribution in [0.25, 0.3) is 0 Å². The van der Waals surface area contributed by atoms with E-state index >= 15 is 0 Å². The molecule has 5 nitrogen and oxygen atoms in total. The molecule has 0 radical (unpaired) electrons. The van der Waals surface area contributed by atoms with Crippen LogP contribution in [0.1, 0.15) is 26.7 Å².